The number of likely N-dealkylation sites (N-methyl/N-ethyl adjacent to an activating group) is 1. The summed E-state index contributed by atoms with van der Waals surface area (Å²) in [7, 11) is 2.17. The van der Waals surface area contributed by atoms with E-state index in [0.29, 0.717) is 6.54 Å². The lowest BCUT2D eigenvalue weighted by Gasteiger charge is -2.32. The van der Waals surface area contributed by atoms with Crippen molar-refractivity contribution < 1.29 is 4.79 Å². The first-order valence-electron chi connectivity index (χ1n) is 8.78. The molecular formula is C19H35Cl3N4O. The quantitative estimate of drug-likeness (QED) is 0.737. The molecule has 1 aliphatic rings. The average molecular weight is 442 g/mol. The molecule has 0 bridgehead atoms. The molecule has 3 N–H and O–H groups in total. The molecule has 0 radical (unpaired) electrons. The molecule has 0 aromatic heterocycles. The van der Waals surface area contributed by atoms with E-state index in [1.54, 1.807) is 0 Å². The van der Waals surface area contributed by atoms with Crippen LogP contribution in [0.2, 0.25) is 0 Å². The zero-order valence-corrected chi connectivity index (χ0v) is 19.2. The van der Waals surface area contributed by atoms with Crippen molar-refractivity contribution in [2.45, 2.75) is 39.9 Å². The first-order chi connectivity index (χ1) is 11.3. The molecule has 1 fully saturated rings. The highest BCUT2D eigenvalue weighted by Crippen LogP contribution is 2.17. The van der Waals surface area contributed by atoms with Gasteiger partial charge >= 0.3 is 0 Å². The molecule has 1 amide bonds. The fraction of sp³-hybridized carbons (Fsp3) is 0.632. The lowest BCUT2D eigenvalue weighted by molar-refractivity contribution is -0.124. The highest BCUT2D eigenvalue weighted by atomic mass is 35.5. The average Bonchev–Trinajstić information content (AvgIpc) is 2.54. The number of halogens is 3. The van der Waals surface area contributed by atoms with Crippen LogP contribution in [0.4, 0.5) is 0 Å². The van der Waals surface area contributed by atoms with Gasteiger partial charge in [0.1, 0.15) is 0 Å². The third kappa shape index (κ3) is 9.46. The zero-order chi connectivity index (χ0) is 17.7. The van der Waals surface area contributed by atoms with Crippen molar-refractivity contribution in [2.24, 2.45) is 11.1 Å². The highest BCUT2D eigenvalue weighted by molar-refractivity contribution is 5.86. The van der Waals surface area contributed by atoms with Gasteiger partial charge in [-0.05, 0) is 23.6 Å². The number of nitrogens with two attached hydrogens (primary N) is 1. The summed E-state index contributed by atoms with van der Waals surface area (Å²) >= 11 is 0. The van der Waals surface area contributed by atoms with E-state index in [4.69, 9.17) is 5.73 Å². The summed E-state index contributed by atoms with van der Waals surface area (Å²) in [6.45, 7) is 12.0. The van der Waals surface area contributed by atoms with Crippen LogP contribution < -0.4 is 11.1 Å². The fourth-order valence-electron chi connectivity index (χ4n) is 2.72. The Labute approximate surface area is 182 Å². The summed E-state index contributed by atoms with van der Waals surface area (Å²) in [5, 5.41) is 2.93. The highest BCUT2D eigenvalue weighted by Gasteiger charge is 2.27. The Morgan fingerprint density at radius 1 is 1.04 bits per heavy atom. The molecular weight excluding hydrogens is 407 g/mol. The second-order valence-electron chi connectivity index (χ2n) is 7.96. The molecule has 0 unspecified atom stereocenters. The van der Waals surface area contributed by atoms with E-state index in [2.05, 4.69) is 46.4 Å². The van der Waals surface area contributed by atoms with Crippen LogP contribution in [0.1, 0.15) is 31.9 Å². The maximum Gasteiger partial charge on any atom is 0.237 e. The van der Waals surface area contributed by atoms with Crippen LogP contribution in [0.5, 0.6) is 0 Å². The number of carbonyl (C=O) groups is 1. The molecule has 8 heteroatoms. The van der Waals surface area contributed by atoms with Gasteiger partial charge in [-0.25, -0.2) is 0 Å². The SMILES string of the molecule is CN1CCN(Cc2ccc(CNC(=O)[C@@H](N)C(C)(C)C)cc2)CC1.Cl.Cl.Cl. The maximum absolute atomic E-state index is 12.1. The molecule has 2 rings (SSSR count). The van der Waals surface area contributed by atoms with E-state index >= 15 is 0 Å². The van der Waals surface area contributed by atoms with Gasteiger partial charge < -0.3 is 16.0 Å². The number of carbonyl (C=O) groups excluding carboxylic acids is 1. The first-order valence-corrected chi connectivity index (χ1v) is 8.78. The minimum absolute atomic E-state index is 0. The summed E-state index contributed by atoms with van der Waals surface area (Å²) < 4.78 is 0. The Bertz CT molecular complexity index is 541. The van der Waals surface area contributed by atoms with E-state index in [0.717, 1.165) is 38.3 Å². The minimum atomic E-state index is -0.492. The predicted octanol–water partition coefficient (Wildman–Crippen LogP) is 2.69. The number of hydrogen-bond donors (Lipinski definition) is 2. The molecule has 0 spiro atoms. The topological polar surface area (TPSA) is 61.6 Å². The number of rotatable bonds is 5. The van der Waals surface area contributed by atoms with Crippen molar-refractivity contribution >= 4 is 43.1 Å². The Balaban J connectivity index is 0. The van der Waals surface area contributed by atoms with Crippen molar-refractivity contribution in [1.29, 1.82) is 0 Å². The summed E-state index contributed by atoms with van der Waals surface area (Å²) in [4.78, 5) is 16.9. The largest absolute Gasteiger partial charge is 0.351 e. The van der Waals surface area contributed by atoms with Crippen LogP contribution in [-0.2, 0) is 17.9 Å². The van der Waals surface area contributed by atoms with E-state index in [-0.39, 0.29) is 48.5 Å². The molecule has 1 aromatic rings. The van der Waals surface area contributed by atoms with Crippen LogP contribution in [0.15, 0.2) is 24.3 Å². The second-order valence-corrected chi connectivity index (χ2v) is 7.96. The summed E-state index contributed by atoms with van der Waals surface area (Å²) in [6.07, 6.45) is 0. The number of amides is 1. The van der Waals surface area contributed by atoms with Crippen LogP contribution in [0.3, 0.4) is 0 Å². The number of hydrogen-bond acceptors (Lipinski definition) is 4. The normalized spacial score (nSPS) is 16.3. The molecule has 1 saturated heterocycles. The minimum Gasteiger partial charge on any atom is -0.351 e. The van der Waals surface area contributed by atoms with Crippen LogP contribution in [0.25, 0.3) is 0 Å². The molecule has 27 heavy (non-hydrogen) atoms. The van der Waals surface area contributed by atoms with Crippen LogP contribution in [0, 0.1) is 5.41 Å². The van der Waals surface area contributed by atoms with Gasteiger partial charge in [0, 0.05) is 39.3 Å². The van der Waals surface area contributed by atoms with E-state index in [9.17, 15) is 4.79 Å². The molecule has 158 valence electrons. The third-order valence-electron chi connectivity index (χ3n) is 4.71. The van der Waals surface area contributed by atoms with Gasteiger partial charge in [-0.3, -0.25) is 9.69 Å². The zero-order valence-electron chi connectivity index (χ0n) is 16.7. The second kappa shape index (κ2) is 12.8. The van der Waals surface area contributed by atoms with E-state index < -0.39 is 6.04 Å². The Morgan fingerprint density at radius 3 is 2.00 bits per heavy atom. The molecule has 5 nitrogen and oxygen atoms in total. The predicted molar refractivity (Wildman–Crippen MR) is 120 cm³/mol. The van der Waals surface area contributed by atoms with E-state index in [1.807, 2.05) is 20.8 Å². The fourth-order valence-corrected chi connectivity index (χ4v) is 2.72. The lowest BCUT2D eigenvalue weighted by Crippen LogP contribution is -2.48. The Hall–Kier alpha value is -0.560. The first kappa shape index (κ1) is 28.6. The van der Waals surface area contributed by atoms with Gasteiger partial charge in [0.05, 0.1) is 6.04 Å². The van der Waals surface area contributed by atoms with Crippen LogP contribution in [-0.4, -0.2) is 55.0 Å². The van der Waals surface area contributed by atoms with Crippen LogP contribution >= 0.6 is 37.2 Å². The molecule has 1 heterocycles. The van der Waals surface area contributed by atoms with Gasteiger partial charge in [0.25, 0.3) is 0 Å². The summed E-state index contributed by atoms with van der Waals surface area (Å²) in [6, 6.07) is 8.00. The van der Waals surface area contributed by atoms with E-state index in [1.165, 1.54) is 5.56 Å². The number of nitrogens with zero attached hydrogens (tertiary/aromatic N) is 2. The van der Waals surface area contributed by atoms with Gasteiger partial charge in [0.2, 0.25) is 5.91 Å². The lowest BCUT2D eigenvalue weighted by atomic mass is 9.87. The number of nitrogens with one attached hydrogen (secondary N) is 1. The standard InChI is InChI=1S/C19H32N4O.3ClH/c1-19(2,3)17(20)18(24)21-13-15-5-7-16(8-6-15)14-23-11-9-22(4)10-12-23;;;/h5-8,17H,9-14,20H2,1-4H3,(H,21,24);3*1H/t17-;;;/m1.../s1. The van der Waals surface area contributed by atoms with Gasteiger partial charge in [-0.2, -0.15) is 0 Å². The van der Waals surface area contributed by atoms with Gasteiger partial charge in [-0.1, -0.05) is 45.0 Å². The van der Waals surface area contributed by atoms with Crippen molar-refractivity contribution in [3.63, 3.8) is 0 Å². The van der Waals surface area contributed by atoms with Gasteiger partial charge in [-0.15, -0.1) is 37.2 Å². The third-order valence-corrected chi connectivity index (χ3v) is 4.71. The Kier molecular flexibility index (Phi) is 13.6. The van der Waals surface area contributed by atoms with Gasteiger partial charge in [0.15, 0.2) is 0 Å². The van der Waals surface area contributed by atoms with Crippen molar-refractivity contribution in [3.8, 4) is 0 Å². The monoisotopic (exact) mass is 440 g/mol. The Morgan fingerprint density at radius 2 is 1.52 bits per heavy atom. The molecule has 0 saturated carbocycles. The summed E-state index contributed by atoms with van der Waals surface area (Å²) in [5.41, 5.74) is 8.17. The maximum atomic E-state index is 12.1. The molecule has 1 atom stereocenters. The number of piperazine rings is 1. The van der Waals surface area contributed by atoms with Crippen molar-refractivity contribution in [1.82, 2.24) is 15.1 Å². The number of benzene rings is 1. The van der Waals surface area contributed by atoms with Crippen molar-refractivity contribution in [2.75, 3.05) is 33.2 Å². The smallest absolute Gasteiger partial charge is 0.237 e. The molecule has 0 aliphatic carbocycles. The summed E-state index contributed by atoms with van der Waals surface area (Å²) in [5.74, 6) is -0.0935. The van der Waals surface area contributed by atoms with Crippen molar-refractivity contribution in [3.05, 3.63) is 35.4 Å². The molecule has 1 aliphatic heterocycles. The molecule has 1 aromatic carbocycles.